The van der Waals surface area contributed by atoms with Crippen molar-refractivity contribution in [3.8, 4) is 16.4 Å². The molecular weight excluding hydrogens is 389 g/mol. The molecule has 1 N–H and O–H groups in total. The zero-order valence-electron chi connectivity index (χ0n) is 14.6. The van der Waals surface area contributed by atoms with Crippen molar-refractivity contribution in [1.82, 2.24) is 25.0 Å². The minimum Gasteiger partial charge on any atom is -0.333 e. The third kappa shape index (κ3) is 4.02. The van der Waals surface area contributed by atoms with Crippen LogP contribution in [0.3, 0.4) is 0 Å². The molecule has 3 heterocycles. The number of carbonyl (C=O) groups is 1. The topological polar surface area (TPSA) is 63.1 Å². The number of nitrogens with one attached hydrogen (secondary N) is 1. The summed E-state index contributed by atoms with van der Waals surface area (Å²) >= 11 is 1.50. The molecule has 1 amide bonds. The van der Waals surface area contributed by atoms with Crippen LogP contribution < -0.4 is 5.32 Å². The Hall–Kier alpha value is -2.29. The van der Waals surface area contributed by atoms with E-state index in [1.54, 1.807) is 17.0 Å². The van der Waals surface area contributed by atoms with Gasteiger partial charge in [0.2, 0.25) is 5.82 Å². The van der Waals surface area contributed by atoms with Crippen molar-refractivity contribution in [2.24, 2.45) is 0 Å². The maximum atomic E-state index is 13.7. The second-order valence-corrected chi connectivity index (χ2v) is 7.18. The van der Waals surface area contributed by atoms with Crippen molar-refractivity contribution in [2.45, 2.75) is 13.0 Å². The zero-order valence-corrected chi connectivity index (χ0v) is 16.3. The Morgan fingerprint density at radius 2 is 2.19 bits per heavy atom. The van der Waals surface area contributed by atoms with Crippen LogP contribution in [0.2, 0.25) is 0 Å². The first-order chi connectivity index (χ1) is 12.6. The number of amides is 1. The van der Waals surface area contributed by atoms with Crippen molar-refractivity contribution in [2.75, 3.05) is 19.6 Å². The molecule has 2 aromatic heterocycles. The number of rotatable bonds is 3. The summed E-state index contributed by atoms with van der Waals surface area (Å²) in [5.41, 5.74) is 0.536. The SMILES string of the molecule is CC1CN(C(=O)c2nc(-c3cccs3)n(-c3cccc(F)c3)n2)CCN1.Cl. The number of nitrogens with zero attached hydrogens (tertiary/aromatic N) is 4. The van der Waals surface area contributed by atoms with E-state index in [-0.39, 0.29) is 36.0 Å². The van der Waals surface area contributed by atoms with E-state index in [0.29, 0.717) is 24.6 Å². The van der Waals surface area contributed by atoms with Crippen LogP contribution in [-0.2, 0) is 0 Å². The van der Waals surface area contributed by atoms with Gasteiger partial charge < -0.3 is 10.2 Å². The average molecular weight is 408 g/mol. The highest BCUT2D eigenvalue weighted by Crippen LogP contribution is 2.26. The Labute approximate surface area is 166 Å². The van der Waals surface area contributed by atoms with Crippen molar-refractivity contribution in [3.63, 3.8) is 0 Å². The average Bonchev–Trinajstić information content (AvgIpc) is 3.30. The first-order valence-electron chi connectivity index (χ1n) is 8.41. The molecule has 1 saturated heterocycles. The van der Waals surface area contributed by atoms with Crippen molar-refractivity contribution < 1.29 is 9.18 Å². The van der Waals surface area contributed by atoms with Crippen molar-refractivity contribution >= 4 is 29.7 Å². The van der Waals surface area contributed by atoms with Gasteiger partial charge >= 0.3 is 0 Å². The molecule has 6 nitrogen and oxygen atoms in total. The summed E-state index contributed by atoms with van der Waals surface area (Å²) in [6, 6.07) is 10.2. The van der Waals surface area contributed by atoms with Gasteiger partial charge in [0.25, 0.3) is 5.91 Å². The molecule has 0 radical (unpaired) electrons. The van der Waals surface area contributed by atoms with Gasteiger partial charge in [-0.3, -0.25) is 4.79 Å². The van der Waals surface area contributed by atoms with Gasteiger partial charge in [0.15, 0.2) is 5.82 Å². The van der Waals surface area contributed by atoms with Crippen LogP contribution in [0.1, 0.15) is 17.5 Å². The summed E-state index contributed by atoms with van der Waals surface area (Å²) in [4.78, 5) is 20.0. The van der Waals surface area contributed by atoms with Gasteiger partial charge in [0.1, 0.15) is 5.82 Å². The molecule has 1 unspecified atom stereocenters. The Kier molecular flexibility index (Phi) is 5.88. The van der Waals surface area contributed by atoms with E-state index in [2.05, 4.69) is 15.4 Å². The molecule has 1 aliphatic heterocycles. The fourth-order valence-electron chi connectivity index (χ4n) is 3.01. The van der Waals surface area contributed by atoms with Crippen molar-refractivity contribution in [3.05, 3.63) is 53.4 Å². The Morgan fingerprint density at radius 1 is 1.33 bits per heavy atom. The second-order valence-electron chi connectivity index (χ2n) is 6.23. The molecular formula is C18H19ClFN5OS. The molecule has 1 fully saturated rings. The Morgan fingerprint density at radius 3 is 2.89 bits per heavy atom. The molecule has 1 atom stereocenters. The maximum Gasteiger partial charge on any atom is 0.293 e. The summed E-state index contributed by atoms with van der Waals surface area (Å²) in [7, 11) is 0. The molecule has 1 aromatic carbocycles. The van der Waals surface area contributed by atoms with Crippen LogP contribution in [0.25, 0.3) is 16.4 Å². The summed E-state index contributed by atoms with van der Waals surface area (Å²) in [6.45, 7) is 4.01. The standard InChI is InChI=1S/C18H18FN5OS.ClH/c1-12-11-23(8-7-20-12)18(25)16-21-17(15-6-3-9-26-15)24(22-16)14-5-2-4-13(19)10-14;/h2-6,9-10,12,20H,7-8,11H2,1H3;1H. The number of carbonyl (C=O) groups excluding carboxylic acids is 1. The summed E-state index contributed by atoms with van der Waals surface area (Å²) in [5.74, 6) is 0.106. The number of hydrogen-bond acceptors (Lipinski definition) is 5. The molecule has 1 aliphatic rings. The Bertz CT molecular complexity index is 930. The van der Waals surface area contributed by atoms with Gasteiger partial charge in [-0.15, -0.1) is 28.8 Å². The van der Waals surface area contributed by atoms with Crippen LogP contribution >= 0.6 is 23.7 Å². The van der Waals surface area contributed by atoms with E-state index in [9.17, 15) is 9.18 Å². The van der Waals surface area contributed by atoms with Gasteiger partial charge in [-0.05, 0) is 36.6 Å². The molecule has 0 bridgehead atoms. The van der Waals surface area contributed by atoms with Gasteiger partial charge in [0, 0.05) is 25.7 Å². The first kappa shape index (κ1) is 19.5. The van der Waals surface area contributed by atoms with E-state index in [4.69, 9.17) is 0 Å². The minimum absolute atomic E-state index is 0. The summed E-state index contributed by atoms with van der Waals surface area (Å²) in [6.07, 6.45) is 0. The normalized spacial score (nSPS) is 16.8. The maximum absolute atomic E-state index is 13.7. The predicted molar refractivity (Wildman–Crippen MR) is 105 cm³/mol. The fraction of sp³-hybridized carbons (Fsp3) is 0.278. The second kappa shape index (κ2) is 8.16. The van der Waals surface area contributed by atoms with E-state index in [1.165, 1.54) is 28.2 Å². The predicted octanol–water partition coefficient (Wildman–Crippen LogP) is 2.99. The van der Waals surface area contributed by atoms with Crippen molar-refractivity contribution in [1.29, 1.82) is 0 Å². The molecule has 27 heavy (non-hydrogen) atoms. The number of benzene rings is 1. The van der Waals surface area contributed by atoms with Crippen LogP contribution in [-0.4, -0.2) is 51.2 Å². The number of aromatic nitrogens is 3. The third-order valence-corrected chi connectivity index (χ3v) is 5.11. The highest BCUT2D eigenvalue weighted by Gasteiger charge is 2.26. The fourth-order valence-corrected chi connectivity index (χ4v) is 3.71. The highest BCUT2D eigenvalue weighted by atomic mass is 35.5. The lowest BCUT2D eigenvalue weighted by molar-refractivity contribution is 0.0697. The van der Waals surface area contributed by atoms with Gasteiger partial charge in [-0.25, -0.2) is 14.1 Å². The van der Waals surface area contributed by atoms with Crippen LogP contribution in [0.4, 0.5) is 4.39 Å². The summed E-state index contributed by atoms with van der Waals surface area (Å²) < 4.78 is 15.2. The van der Waals surface area contributed by atoms with Gasteiger partial charge in [-0.2, -0.15) is 0 Å². The Balaban J connectivity index is 0.00000210. The largest absolute Gasteiger partial charge is 0.333 e. The van der Waals surface area contributed by atoms with E-state index >= 15 is 0 Å². The van der Waals surface area contributed by atoms with Crippen LogP contribution in [0.15, 0.2) is 41.8 Å². The molecule has 0 aliphatic carbocycles. The smallest absolute Gasteiger partial charge is 0.293 e. The lowest BCUT2D eigenvalue weighted by Gasteiger charge is -2.30. The monoisotopic (exact) mass is 407 g/mol. The molecule has 0 spiro atoms. The third-order valence-electron chi connectivity index (χ3n) is 4.25. The highest BCUT2D eigenvalue weighted by molar-refractivity contribution is 7.13. The zero-order chi connectivity index (χ0) is 18.1. The molecule has 3 aromatic rings. The van der Waals surface area contributed by atoms with Gasteiger partial charge in [0.05, 0.1) is 10.6 Å². The molecule has 142 valence electrons. The minimum atomic E-state index is -0.362. The number of thiophene rings is 1. The lowest BCUT2D eigenvalue weighted by Crippen LogP contribution is -2.51. The van der Waals surface area contributed by atoms with E-state index in [1.807, 2.05) is 24.4 Å². The van der Waals surface area contributed by atoms with E-state index < -0.39 is 0 Å². The lowest BCUT2D eigenvalue weighted by atomic mass is 10.2. The number of halogens is 2. The number of piperazine rings is 1. The summed E-state index contributed by atoms with van der Waals surface area (Å²) in [5, 5.41) is 9.65. The molecule has 4 rings (SSSR count). The number of hydrogen-bond donors (Lipinski definition) is 1. The van der Waals surface area contributed by atoms with Gasteiger partial charge in [-0.1, -0.05) is 12.1 Å². The van der Waals surface area contributed by atoms with Crippen LogP contribution in [0, 0.1) is 5.82 Å². The first-order valence-corrected chi connectivity index (χ1v) is 9.29. The van der Waals surface area contributed by atoms with E-state index in [0.717, 1.165) is 11.4 Å². The quantitative estimate of drug-likeness (QED) is 0.725. The molecule has 9 heteroatoms. The van der Waals surface area contributed by atoms with Crippen LogP contribution in [0.5, 0.6) is 0 Å². The molecule has 0 saturated carbocycles.